The predicted molar refractivity (Wildman–Crippen MR) is 100 cm³/mol. The van der Waals surface area contributed by atoms with Crippen molar-refractivity contribution in [3.63, 3.8) is 0 Å². The van der Waals surface area contributed by atoms with E-state index in [0.717, 1.165) is 17.7 Å². The lowest BCUT2D eigenvalue weighted by atomic mass is 10.0. The summed E-state index contributed by atoms with van der Waals surface area (Å²) in [6.45, 7) is 4.50. The highest BCUT2D eigenvalue weighted by Gasteiger charge is 2.33. The Morgan fingerprint density at radius 2 is 1.76 bits per heavy atom. The Labute approximate surface area is 152 Å². The second-order valence-corrected chi connectivity index (χ2v) is 6.95. The van der Waals surface area contributed by atoms with Gasteiger partial charge in [-0.3, -0.25) is 9.59 Å². The van der Waals surface area contributed by atoms with E-state index in [4.69, 9.17) is 11.6 Å². The van der Waals surface area contributed by atoms with E-state index in [-0.39, 0.29) is 17.7 Å². The molecule has 0 bridgehead atoms. The van der Waals surface area contributed by atoms with Gasteiger partial charge in [0.1, 0.15) is 6.04 Å². The average Bonchev–Trinajstić information content (AvgIpc) is 3.03. The first-order valence-corrected chi connectivity index (χ1v) is 8.81. The van der Waals surface area contributed by atoms with Crippen LogP contribution in [-0.4, -0.2) is 24.4 Å². The van der Waals surface area contributed by atoms with Gasteiger partial charge in [0.05, 0.1) is 10.6 Å². The molecule has 0 radical (unpaired) electrons. The van der Waals surface area contributed by atoms with Gasteiger partial charge in [0.2, 0.25) is 5.91 Å². The third-order valence-electron chi connectivity index (χ3n) is 4.49. The van der Waals surface area contributed by atoms with Crippen LogP contribution in [0.4, 0.5) is 5.69 Å². The summed E-state index contributed by atoms with van der Waals surface area (Å²) in [6.07, 6.45) is 0.838. The maximum atomic E-state index is 13.1. The highest BCUT2D eigenvalue weighted by Crippen LogP contribution is 2.28. The fourth-order valence-corrected chi connectivity index (χ4v) is 3.33. The van der Waals surface area contributed by atoms with Gasteiger partial charge in [0.25, 0.3) is 5.91 Å². The summed E-state index contributed by atoms with van der Waals surface area (Å²) in [5.41, 5.74) is 2.48. The first kappa shape index (κ1) is 17.5. The Morgan fingerprint density at radius 1 is 1.08 bits per heavy atom. The molecule has 2 aromatic carbocycles. The summed E-state index contributed by atoms with van der Waals surface area (Å²) in [5, 5.41) is 3.24. The molecule has 3 rings (SSSR count). The van der Waals surface area contributed by atoms with E-state index in [9.17, 15) is 9.59 Å². The monoisotopic (exact) mass is 356 g/mol. The molecule has 1 N–H and O–H groups in total. The van der Waals surface area contributed by atoms with Gasteiger partial charge in [-0.1, -0.05) is 55.8 Å². The third kappa shape index (κ3) is 3.54. The zero-order valence-electron chi connectivity index (χ0n) is 14.3. The zero-order chi connectivity index (χ0) is 18.0. The fourth-order valence-electron chi connectivity index (χ4n) is 3.11. The van der Waals surface area contributed by atoms with Gasteiger partial charge in [0, 0.05) is 12.2 Å². The highest BCUT2D eigenvalue weighted by atomic mass is 35.5. The Morgan fingerprint density at radius 3 is 2.48 bits per heavy atom. The molecule has 2 aromatic rings. The normalized spacial score (nSPS) is 14.3. The lowest BCUT2D eigenvalue weighted by molar-refractivity contribution is -0.121. The van der Waals surface area contributed by atoms with Crippen LogP contribution in [0.25, 0.3) is 0 Å². The molecule has 1 aliphatic heterocycles. The van der Waals surface area contributed by atoms with Crippen LogP contribution in [0.3, 0.4) is 0 Å². The molecule has 1 heterocycles. The largest absolute Gasteiger partial charge is 0.340 e. The van der Waals surface area contributed by atoms with Gasteiger partial charge in [-0.15, -0.1) is 0 Å². The number of benzene rings is 2. The quantitative estimate of drug-likeness (QED) is 0.908. The Kier molecular flexibility index (Phi) is 5.09. The van der Waals surface area contributed by atoms with Crippen molar-refractivity contribution in [3.05, 3.63) is 64.7 Å². The number of hydrogen-bond donors (Lipinski definition) is 1. The molecule has 0 fully saturated rings. The van der Waals surface area contributed by atoms with Crippen LogP contribution in [0.15, 0.2) is 48.5 Å². The van der Waals surface area contributed by atoms with Crippen molar-refractivity contribution in [2.45, 2.75) is 26.3 Å². The molecule has 0 saturated heterocycles. The number of anilines is 1. The summed E-state index contributed by atoms with van der Waals surface area (Å²) in [4.78, 5) is 27.4. The molecule has 0 aliphatic carbocycles. The minimum absolute atomic E-state index is 0.0355. The summed E-state index contributed by atoms with van der Waals surface area (Å²) in [5.74, 6) is -0.447. The standard InChI is InChI=1S/C20H21ClN2O2/c1-13(2)18(22-19(24)15-8-4-5-9-16(15)21)20(25)23-12-11-14-7-3-6-10-17(14)23/h3-10,13,18H,11-12H2,1-2H3,(H,22,24). The maximum Gasteiger partial charge on any atom is 0.253 e. The van der Waals surface area contributed by atoms with E-state index in [2.05, 4.69) is 5.32 Å². The first-order chi connectivity index (χ1) is 12.0. The molecule has 130 valence electrons. The van der Waals surface area contributed by atoms with Crippen molar-refractivity contribution in [1.82, 2.24) is 5.32 Å². The zero-order valence-corrected chi connectivity index (χ0v) is 15.1. The van der Waals surface area contributed by atoms with Crippen LogP contribution in [0.2, 0.25) is 5.02 Å². The molecule has 1 aliphatic rings. The third-order valence-corrected chi connectivity index (χ3v) is 4.82. The number of amides is 2. The molecule has 2 amide bonds. The van der Waals surface area contributed by atoms with Crippen molar-refractivity contribution >= 4 is 29.1 Å². The molecule has 5 heteroatoms. The minimum atomic E-state index is -0.602. The van der Waals surface area contributed by atoms with E-state index >= 15 is 0 Å². The number of nitrogens with zero attached hydrogens (tertiary/aromatic N) is 1. The molecule has 4 nitrogen and oxygen atoms in total. The van der Waals surface area contributed by atoms with Crippen molar-refractivity contribution in [3.8, 4) is 0 Å². The van der Waals surface area contributed by atoms with E-state index in [1.54, 1.807) is 29.2 Å². The number of fused-ring (bicyclic) bond motifs is 1. The molecule has 0 saturated carbocycles. The number of nitrogens with one attached hydrogen (secondary N) is 1. The summed E-state index contributed by atoms with van der Waals surface area (Å²) in [7, 11) is 0. The van der Waals surface area contributed by atoms with E-state index in [0.29, 0.717) is 17.1 Å². The van der Waals surface area contributed by atoms with Crippen molar-refractivity contribution in [2.24, 2.45) is 5.92 Å². The maximum absolute atomic E-state index is 13.1. The number of rotatable bonds is 4. The van der Waals surface area contributed by atoms with Gasteiger partial charge in [-0.25, -0.2) is 0 Å². The summed E-state index contributed by atoms with van der Waals surface area (Å²) >= 11 is 6.10. The minimum Gasteiger partial charge on any atom is -0.340 e. The highest BCUT2D eigenvalue weighted by molar-refractivity contribution is 6.33. The molecule has 25 heavy (non-hydrogen) atoms. The van der Waals surface area contributed by atoms with Crippen molar-refractivity contribution < 1.29 is 9.59 Å². The van der Waals surface area contributed by atoms with Crippen LogP contribution in [0.5, 0.6) is 0 Å². The number of halogens is 1. The van der Waals surface area contributed by atoms with E-state index in [1.807, 2.05) is 38.1 Å². The molecule has 1 unspecified atom stereocenters. The number of carbonyl (C=O) groups is 2. The lowest BCUT2D eigenvalue weighted by Gasteiger charge is -2.27. The molecular formula is C20H21ClN2O2. The smallest absolute Gasteiger partial charge is 0.253 e. The summed E-state index contributed by atoms with van der Waals surface area (Å²) < 4.78 is 0. The Bertz CT molecular complexity index is 804. The first-order valence-electron chi connectivity index (χ1n) is 8.43. The van der Waals surface area contributed by atoms with Gasteiger partial charge in [-0.05, 0) is 36.1 Å². The second kappa shape index (κ2) is 7.28. The van der Waals surface area contributed by atoms with E-state index < -0.39 is 6.04 Å². The molecule has 0 aromatic heterocycles. The van der Waals surface area contributed by atoms with Crippen LogP contribution < -0.4 is 10.2 Å². The SMILES string of the molecule is CC(C)C(NC(=O)c1ccccc1Cl)C(=O)N1CCc2ccccc21. The van der Waals surface area contributed by atoms with Crippen LogP contribution in [-0.2, 0) is 11.2 Å². The van der Waals surface area contributed by atoms with Crippen molar-refractivity contribution in [2.75, 3.05) is 11.4 Å². The number of hydrogen-bond acceptors (Lipinski definition) is 2. The molecule has 1 atom stereocenters. The van der Waals surface area contributed by atoms with Crippen LogP contribution in [0, 0.1) is 5.92 Å². The Balaban J connectivity index is 1.81. The van der Waals surface area contributed by atoms with Crippen LogP contribution in [0.1, 0.15) is 29.8 Å². The second-order valence-electron chi connectivity index (χ2n) is 6.54. The topological polar surface area (TPSA) is 49.4 Å². The van der Waals surface area contributed by atoms with E-state index in [1.165, 1.54) is 0 Å². The number of para-hydroxylation sites is 1. The van der Waals surface area contributed by atoms with Gasteiger partial charge < -0.3 is 10.2 Å². The number of carbonyl (C=O) groups excluding carboxylic acids is 2. The van der Waals surface area contributed by atoms with Crippen molar-refractivity contribution in [1.29, 1.82) is 0 Å². The predicted octanol–water partition coefficient (Wildman–Crippen LogP) is 3.68. The summed E-state index contributed by atoms with van der Waals surface area (Å²) in [6, 6.07) is 14.1. The van der Waals surface area contributed by atoms with Gasteiger partial charge >= 0.3 is 0 Å². The molecule has 0 spiro atoms. The van der Waals surface area contributed by atoms with Gasteiger partial charge in [-0.2, -0.15) is 0 Å². The molecular weight excluding hydrogens is 336 g/mol. The van der Waals surface area contributed by atoms with Crippen LogP contribution >= 0.6 is 11.6 Å². The average molecular weight is 357 g/mol. The Hall–Kier alpha value is -2.33. The van der Waals surface area contributed by atoms with Gasteiger partial charge in [0.15, 0.2) is 0 Å². The fraction of sp³-hybridized carbons (Fsp3) is 0.300. The lowest BCUT2D eigenvalue weighted by Crippen LogP contribution is -2.51.